The van der Waals surface area contributed by atoms with Gasteiger partial charge in [0, 0.05) is 9.50 Å². The van der Waals surface area contributed by atoms with Gasteiger partial charge < -0.3 is 5.11 Å². The maximum Gasteiger partial charge on any atom is 0.104 e. The third-order valence-corrected chi connectivity index (χ3v) is 3.94. The third kappa shape index (κ3) is 2.77. The first-order chi connectivity index (χ1) is 8.49. The quantitative estimate of drug-likeness (QED) is 0.841. The van der Waals surface area contributed by atoms with Crippen LogP contribution in [0.25, 0.3) is 0 Å². The predicted molar refractivity (Wildman–Crippen MR) is 79.1 cm³/mol. The van der Waals surface area contributed by atoms with Gasteiger partial charge >= 0.3 is 0 Å². The molecule has 0 bridgehead atoms. The van der Waals surface area contributed by atoms with Gasteiger partial charge in [-0.05, 0) is 54.3 Å². The molecular formula is C15H14BrClO. The summed E-state index contributed by atoms with van der Waals surface area (Å²) in [4.78, 5) is 0. The van der Waals surface area contributed by atoms with Gasteiger partial charge in [-0.3, -0.25) is 0 Å². The van der Waals surface area contributed by atoms with Crippen molar-refractivity contribution in [1.29, 1.82) is 0 Å². The van der Waals surface area contributed by atoms with E-state index in [1.165, 1.54) is 0 Å². The highest BCUT2D eigenvalue weighted by molar-refractivity contribution is 9.10. The van der Waals surface area contributed by atoms with Crippen molar-refractivity contribution < 1.29 is 5.11 Å². The summed E-state index contributed by atoms with van der Waals surface area (Å²) in [6, 6.07) is 11.5. The Morgan fingerprint density at radius 1 is 1.06 bits per heavy atom. The summed E-state index contributed by atoms with van der Waals surface area (Å²) in [5, 5.41) is 11.1. The topological polar surface area (TPSA) is 20.2 Å². The molecule has 1 atom stereocenters. The van der Waals surface area contributed by atoms with Gasteiger partial charge in [0.15, 0.2) is 0 Å². The van der Waals surface area contributed by atoms with E-state index < -0.39 is 6.10 Å². The zero-order chi connectivity index (χ0) is 13.3. The Hall–Kier alpha value is -0.830. The Kier molecular flexibility index (Phi) is 4.10. The zero-order valence-electron chi connectivity index (χ0n) is 10.2. The van der Waals surface area contributed by atoms with Crippen molar-refractivity contribution in [2.24, 2.45) is 0 Å². The predicted octanol–water partition coefficient (Wildman–Crippen LogP) is 4.80. The van der Waals surface area contributed by atoms with Crippen LogP contribution in [-0.2, 0) is 0 Å². The fourth-order valence-electron chi connectivity index (χ4n) is 1.90. The molecular weight excluding hydrogens is 312 g/mol. The molecule has 1 unspecified atom stereocenters. The van der Waals surface area contributed by atoms with E-state index in [2.05, 4.69) is 15.9 Å². The minimum absolute atomic E-state index is 0.642. The van der Waals surface area contributed by atoms with Crippen LogP contribution in [-0.4, -0.2) is 5.11 Å². The van der Waals surface area contributed by atoms with Crippen molar-refractivity contribution in [1.82, 2.24) is 0 Å². The fraction of sp³-hybridized carbons (Fsp3) is 0.200. The molecule has 1 nitrogen and oxygen atoms in total. The van der Waals surface area contributed by atoms with Crippen LogP contribution in [0, 0.1) is 13.8 Å². The molecule has 0 amide bonds. The van der Waals surface area contributed by atoms with Gasteiger partial charge in [0.05, 0.1) is 0 Å². The van der Waals surface area contributed by atoms with Gasteiger partial charge in [-0.2, -0.15) is 0 Å². The molecule has 2 aromatic rings. The van der Waals surface area contributed by atoms with Gasteiger partial charge in [0.2, 0.25) is 0 Å². The first kappa shape index (κ1) is 13.6. The molecule has 0 fully saturated rings. The molecule has 3 heteroatoms. The Balaban J connectivity index is 2.41. The van der Waals surface area contributed by atoms with E-state index >= 15 is 0 Å². The lowest BCUT2D eigenvalue weighted by Crippen LogP contribution is -2.02. The van der Waals surface area contributed by atoms with Crippen LogP contribution in [0.4, 0.5) is 0 Å². The normalized spacial score (nSPS) is 12.5. The molecule has 0 saturated carbocycles. The second-order valence-electron chi connectivity index (χ2n) is 4.41. The molecule has 1 N–H and O–H groups in total. The Bertz CT molecular complexity index is 581. The van der Waals surface area contributed by atoms with Gasteiger partial charge in [0.1, 0.15) is 6.10 Å². The summed E-state index contributed by atoms with van der Waals surface area (Å²) in [7, 11) is 0. The van der Waals surface area contributed by atoms with E-state index in [4.69, 9.17) is 11.6 Å². The summed E-state index contributed by atoms with van der Waals surface area (Å²) in [6.07, 6.45) is -0.642. The highest BCUT2D eigenvalue weighted by Crippen LogP contribution is 2.29. The number of aryl methyl sites for hydroxylation is 2. The molecule has 0 aliphatic rings. The molecule has 0 aliphatic heterocycles. The molecule has 0 spiro atoms. The fourth-order valence-corrected chi connectivity index (χ4v) is 2.57. The van der Waals surface area contributed by atoms with Gasteiger partial charge in [0.25, 0.3) is 0 Å². The lowest BCUT2D eigenvalue weighted by molar-refractivity contribution is 0.219. The van der Waals surface area contributed by atoms with Crippen LogP contribution < -0.4 is 0 Å². The van der Waals surface area contributed by atoms with Gasteiger partial charge in [-0.25, -0.2) is 0 Å². The Morgan fingerprint density at radius 2 is 1.78 bits per heavy atom. The molecule has 0 heterocycles. The highest BCUT2D eigenvalue weighted by Gasteiger charge is 2.13. The Labute approximate surface area is 121 Å². The van der Waals surface area contributed by atoms with E-state index in [-0.39, 0.29) is 0 Å². The lowest BCUT2D eigenvalue weighted by atomic mass is 9.97. The lowest BCUT2D eigenvalue weighted by Gasteiger charge is -2.15. The van der Waals surface area contributed by atoms with Crippen molar-refractivity contribution in [2.45, 2.75) is 20.0 Å². The Morgan fingerprint density at radius 3 is 2.39 bits per heavy atom. The van der Waals surface area contributed by atoms with Crippen molar-refractivity contribution in [3.8, 4) is 0 Å². The molecule has 0 saturated heterocycles. The third-order valence-electron chi connectivity index (χ3n) is 3.04. The number of hydrogen-bond donors (Lipinski definition) is 1. The largest absolute Gasteiger partial charge is 0.384 e. The number of halogens is 2. The monoisotopic (exact) mass is 324 g/mol. The van der Waals surface area contributed by atoms with Crippen molar-refractivity contribution >= 4 is 27.5 Å². The summed E-state index contributed by atoms with van der Waals surface area (Å²) in [5.41, 5.74) is 3.78. The summed E-state index contributed by atoms with van der Waals surface area (Å²) in [6.45, 7) is 3.93. The van der Waals surface area contributed by atoms with E-state index in [1.807, 2.05) is 50.2 Å². The minimum atomic E-state index is -0.642. The number of aliphatic hydroxyl groups is 1. The number of aliphatic hydroxyl groups excluding tert-OH is 1. The standard InChI is InChI=1S/C15H14BrClO/c1-9-3-4-11(8-14(9)17)15(18)13-6-5-12(16)7-10(13)2/h3-8,15,18H,1-2H3. The average Bonchev–Trinajstić information content (AvgIpc) is 2.32. The number of hydrogen-bond acceptors (Lipinski definition) is 1. The molecule has 0 radical (unpaired) electrons. The SMILES string of the molecule is Cc1ccc(C(O)c2ccc(Br)cc2C)cc1Cl. The van der Waals surface area contributed by atoms with Gasteiger partial charge in [-0.15, -0.1) is 0 Å². The van der Waals surface area contributed by atoms with Crippen LogP contribution in [0.1, 0.15) is 28.4 Å². The summed E-state index contributed by atoms with van der Waals surface area (Å²) >= 11 is 9.51. The van der Waals surface area contributed by atoms with Crippen LogP contribution in [0.3, 0.4) is 0 Å². The maximum atomic E-state index is 10.4. The van der Waals surface area contributed by atoms with Crippen molar-refractivity contribution in [3.63, 3.8) is 0 Å². The molecule has 0 aliphatic carbocycles. The second kappa shape index (κ2) is 5.43. The van der Waals surface area contributed by atoms with Crippen LogP contribution in [0.5, 0.6) is 0 Å². The minimum Gasteiger partial charge on any atom is -0.384 e. The second-order valence-corrected chi connectivity index (χ2v) is 5.73. The zero-order valence-corrected chi connectivity index (χ0v) is 12.6. The molecule has 2 aromatic carbocycles. The van der Waals surface area contributed by atoms with Crippen molar-refractivity contribution in [3.05, 3.63) is 68.1 Å². The van der Waals surface area contributed by atoms with Crippen LogP contribution >= 0.6 is 27.5 Å². The van der Waals surface area contributed by atoms with Gasteiger partial charge in [-0.1, -0.05) is 45.7 Å². The first-order valence-electron chi connectivity index (χ1n) is 5.69. The average molecular weight is 326 g/mol. The highest BCUT2D eigenvalue weighted by atomic mass is 79.9. The van der Waals surface area contributed by atoms with E-state index in [0.29, 0.717) is 5.02 Å². The van der Waals surface area contributed by atoms with E-state index in [1.54, 1.807) is 0 Å². The van der Waals surface area contributed by atoms with Crippen molar-refractivity contribution in [2.75, 3.05) is 0 Å². The van der Waals surface area contributed by atoms with Crippen LogP contribution in [0.2, 0.25) is 5.02 Å². The smallest absolute Gasteiger partial charge is 0.104 e. The summed E-state index contributed by atoms with van der Waals surface area (Å²) < 4.78 is 1.01. The van der Waals surface area contributed by atoms with E-state index in [0.717, 1.165) is 26.7 Å². The maximum absolute atomic E-state index is 10.4. The number of benzene rings is 2. The summed E-state index contributed by atoms with van der Waals surface area (Å²) in [5.74, 6) is 0. The van der Waals surface area contributed by atoms with Crippen LogP contribution in [0.15, 0.2) is 40.9 Å². The molecule has 0 aromatic heterocycles. The van der Waals surface area contributed by atoms with E-state index in [9.17, 15) is 5.11 Å². The molecule has 18 heavy (non-hydrogen) atoms. The first-order valence-corrected chi connectivity index (χ1v) is 6.86. The number of rotatable bonds is 2. The molecule has 94 valence electrons. The molecule has 2 rings (SSSR count).